The highest BCUT2D eigenvalue weighted by Crippen LogP contribution is 2.38. The maximum absolute atomic E-state index is 12.7. The lowest BCUT2D eigenvalue weighted by atomic mass is 10.00. The number of carbonyl (C=O) groups is 3. The van der Waals surface area contributed by atoms with Crippen LogP contribution in [0.4, 0.5) is 4.79 Å². The number of amides is 3. The Labute approximate surface area is 130 Å². The largest absolute Gasteiger partial charge is 0.458 e. The van der Waals surface area contributed by atoms with Gasteiger partial charge in [0.1, 0.15) is 17.2 Å². The van der Waals surface area contributed by atoms with E-state index in [2.05, 4.69) is 5.32 Å². The number of rotatable bonds is 3. The molecule has 3 amide bonds. The topological polar surface area (TPSA) is 102 Å². The first-order chi connectivity index (χ1) is 10.1. The zero-order valence-electron chi connectivity index (χ0n) is 13.5. The Bertz CT molecular complexity index is 480. The second-order valence-corrected chi connectivity index (χ2v) is 7.11. The molecule has 1 saturated heterocycles. The summed E-state index contributed by atoms with van der Waals surface area (Å²) in [6, 6.07) is -1.29. The first-order valence-electron chi connectivity index (χ1n) is 7.76. The molecule has 1 aliphatic heterocycles. The van der Waals surface area contributed by atoms with Gasteiger partial charge in [0.2, 0.25) is 5.91 Å². The van der Waals surface area contributed by atoms with Gasteiger partial charge in [-0.25, -0.2) is 9.59 Å². The van der Waals surface area contributed by atoms with Gasteiger partial charge in [-0.1, -0.05) is 0 Å². The van der Waals surface area contributed by atoms with Gasteiger partial charge in [0.15, 0.2) is 0 Å². The van der Waals surface area contributed by atoms with E-state index in [1.165, 1.54) is 0 Å². The molecule has 0 aromatic heterocycles. The van der Waals surface area contributed by atoms with E-state index in [1.807, 2.05) is 0 Å². The lowest BCUT2D eigenvalue weighted by Crippen LogP contribution is -2.58. The Balaban J connectivity index is 2.11. The van der Waals surface area contributed by atoms with Crippen molar-refractivity contribution in [3.05, 3.63) is 0 Å². The third-order valence-corrected chi connectivity index (χ3v) is 3.96. The SMILES string of the molecule is CC(C)(C)OC(=O)[C@H]1CCCCN1C(=O)C1(NC(N)=O)CC1. The first-order valence-corrected chi connectivity index (χ1v) is 7.76. The van der Waals surface area contributed by atoms with Crippen molar-refractivity contribution in [3.8, 4) is 0 Å². The van der Waals surface area contributed by atoms with Crippen LogP contribution in [0.2, 0.25) is 0 Å². The van der Waals surface area contributed by atoms with Crippen molar-refractivity contribution in [1.29, 1.82) is 0 Å². The molecule has 7 heteroatoms. The van der Waals surface area contributed by atoms with E-state index in [1.54, 1.807) is 25.7 Å². The van der Waals surface area contributed by atoms with Crippen molar-refractivity contribution in [2.45, 2.75) is 70.1 Å². The third kappa shape index (κ3) is 3.69. The van der Waals surface area contributed by atoms with Crippen LogP contribution in [0.25, 0.3) is 0 Å². The number of esters is 1. The Morgan fingerprint density at radius 3 is 2.36 bits per heavy atom. The number of hydrogen-bond donors (Lipinski definition) is 2. The molecule has 1 saturated carbocycles. The van der Waals surface area contributed by atoms with Gasteiger partial charge >= 0.3 is 12.0 Å². The number of likely N-dealkylation sites (tertiary alicyclic amines) is 1. The molecule has 3 N–H and O–H groups in total. The van der Waals surface area contributed by atoms with Gasteiger partial charge in [0.25, 0.3) is 0 Å². The molecule has 0 unspecified atom stereocenters. The summed E-state index contributed by atoms with van der Waals surface area (Å²) in [6.45, 7) is 5.91. The summed E-state index contributed by atoms with van der Waals surface area (Å²) in [6.07, 6.45) is 3.44. The fraction of sp³-hybridized carbons (Fsp3) is 0.800. The molecule has 0 aromatic carbocycles. The maximum Gasteiger partial charge on any atom is 0.329 e. The fourth-order valence-corrected chi connectivity index (χ4v) is 2.82. The monoisotopic (exact) mass is 311 g/mol. The third-order valence-electron chi connectivity index (χ3n) is 3.96. The lowest BCUT2D eigenvalue weighted by molar-refractivity contribution is -0.167. The van der Waals surface area contributed by atoms with Gasteiger partial charge in [0, 0.05) is 6.54 Å². The number of piperidine rings is 1. The van der Waals surface area contributed by atoms with E-state index in [0.717, 1.165) is 12.8 Å². The number of nitrogens with zero attached hydrogens (tertiary/aromatic N) is 1. The van der Waals surface area contributed by atoms with Crippen molar-refractivity contribution in [1.82, 2.24) is 10.2 Å². The summed E-state index contributed by atoms with van der Waals surface area (Å²) in [5.41, 5.74) is 3.65. The number of urea groups is 1. The van der Waals surface area contributed by atoms with Crippen LogP contribution in [-0.2, 0) is 14.3 Å². The van der Waals surface area contributed by atoms with Gasteiger partial charge in [-0.2, -0.15) is 0 Å². The summed E-state index contributed by atoms with van der Waals surface area (Å²) in [5.74, 6) is -0.600. The molecule has 124 valence electrons. The minimum absolute atomic E-state index is 0.221. The molecule has 22 heavy (non-hydrogen) atoms. The Kier molecular flexibility index (Phi) is 4.35. The number of nitrogens with two attached hydrogens (primary N) is 1. The van der Waals surface area contributed by atoms with Gasteiger partial charge in [0.05, 0.1) is 0 Å². The normalized spacial score (nSPS) is 23.6. The van der Waals surface area contributed by atoms with Crippen LogP contribution >= 0.6 is 0 Å². The Hall–Kier alpha value is -1.79. The number of carbonyl (C=O) groups excluding carboxylic acids is 3. The van der Waals surface area contributed by atoms with E-state index in [4.69, 9.17) is 10.5 Å². The average molecular weight is 311 g/mol. The fourth-order valence-electron chi connectivity index (χ4n) is 2.82. The minimum Gasteiger partial charge on any atom is -0.458 e. The Morgan fingerprint density at radius 1 is 1.23 bits per heavy atom. The molecule has 7 nitrogen and oxygen atoms in total. The summed E-state index contributed by atoms with van der Waals surface area (Å²) in [4.78, 5) is 37.8. The van der Waals surface area contributed by atoms with Gasteiger partial charge < -0.3 is 20.7 Å². The highest BCUT2D eigenvalue weighted by molar-refractivity contribution is 5.96. The van der Waals surface area contributed by atoms with E-state index in [9.17, 15) is 14.4 Å². The molecule has 0 spiro atoms. The van der Waals surface area contributed by atoms with Gasteiger partial charge in [-0.3, -0.25) is 4.79 Å². The zero-order valence-corrected chi connectivity index (χ0v) is 13.5. The van der Waals surface area contributed by atoms with Crippen LogP contribution in [-0.4, -0.2) is 46.5 Å². The van der Waals surface area contributed by atoms with Crippen molar-refractivity contribution in [2.24, 2.45) is 5.73 Å². The lowest BCUT2D eigenvalue weighted by Gasteiger charge is -2.37. The molecular weight excluding hydrogens is 286 g/mol. The highest BCUT2D eigenvalue weighted by Gasteiger charge is 2.54. The molecule has 2 aliphatic rings. The predicted octanol–water partition coefficient (Wildman–Crippen LogP) is 0.910. The molecule has 1 heterocycles. The van der Waals surface area contributed by atoms with Gasteiger partial charge in [-0.15, -0.1) is 0 Å². The molecular formula is C15H25N3O4. The highest BCUT2D eigenvalue weighted by atomic mass is 16.6. The van der Waals surface area contributed by atoms with Crippen LogP contribution in [0.1, 0.15) is 52.9 Å². The number of primary amides is 1. The van der Waals surface area contributed by atoms with Crippen molar-refractivity contribution in [3.63, 3.8) is 0 Å². The first kappa shape index (κ1) is 16.6. The summed E-state index contributed by atoms with van der Waals surface area (Å²) >= 11 is 0. The van der Waals surface area contributed by atoms with Crippen molar-refractivity contribution in [2.75, 3.05) is 6.54 Å². The van der Waals surface area contributed by atoms with Crippen LogP contribution in [0.15, 0.2) is 0 Å². The smallest absolute Gasteiger partial charge is 0.329 e. The zero-order chi connectivity index (χ0) is 16.5. The van der Waals surface area contributed by atoms with E-state index in [-0.39, 0.29) is 11.9 Å². The molecule has 0 bridgehead atoms. The molecule has 1 aliphatic carbocycles. The summed E-state index contributed by atoms with van der Waals surface area (Å²) in [7, 11) is 0. The van der Waals surface area contributed by atoms with Crippen LogP contribution in [0.5, 0.6) is 0 Å². The minimum atomic E-state index is -0.913. The standard InChI is InChI=1S/C15H25N3O4/c1-14(2,3)22-11(19)10-6-4-5-9-18(10)12(20)15(7-8-15)17-13(16)21/h10H,4-9H2,1-3H3,(H3,16,17,21)/t10-/m1/s1. The van der Waals surface area contributed by atoms with E-state index < -0.39 is 23.2 Å². The molecule has 2 fully saturated rings. The summed E-state index contributed by atoms with van der Waals surface area (Å²) in [5, 5.41) is 2.53. The van der Waals surface area contributed by atoms with E-state index in [0.29, 0.717) is 25.8 Å². The molecule has 1 atom stereocenters. The number of hydrogen-bond acceptors (Lipinski definition) is 4. The van der Waals surface area contributed by atoms with Crippen LogP contribution in [0, 0.1) is 0 Å². The molecule has 0 radical (unpaired) electrons. The quantitative estimate of drug-likeness (QED) is 0.756. The maximum atomic E-state index is 12.7. The van der Waals surface area contributed by atoms with E-state index >= 15 is 0 Å². The van der Waals surface area contributed by atoms with Crippen LogP contribution < -0.4 is 11.1 Å². The second kappa shape index (κ2) is 5.78. The van der Waals surface area contributed by atoms with Gasteiger partial charge in [-0.05, 0) is 52.9 Å². The predicted molar refractivity (Wildman–Crippen MR) is 79.9 cm³/mol. The van der Waals surface area contributed by atoms with Crippen molar-refractivity contribution >= 4 is 17.9 Å². The van der Waals surface area contributed by atoms with Crippen molar-refractivity contribution < 1.29 is 19.1 Å². The molecule has 0 aromatic rings. The van der Waals surface area contributed by atoms with Crippen LogP contribution in [0.3, 0.4) is 0 Å². The number of nitrogens with one attached hydrogen (secondary N) is 1. The summed E-state index contributed by atoms with van der Waals surface area (Å²) < 4.78 is 5.43. The average Bonchev–Trinajstić information content (AvgIpc) is 3.16. The molecule has 2 rings (SSSR count). The number of ether oxygens (including phenoxy) is 1. The second-order valence-electron chi connectivity index (χ2n) is 7.11. The Morgan fingerprint density at radius 2 is 1.86 bits per heavy atom.